The molecule has 1 heterocycles. The number of carbonyl (C=O) groups excluding carboxylic acids is 2. The second-order valence-electron chi connectivity index (χ2n) is 14.8. The molecule has 0 radical (unpaired) electrons. The van der Waals surface area contributed by atoms with Gasteiger partial charge >= 0.3 is 0 Å². The number of para-hydroxylation sites is 1. The number of nitrogens with zero attached hydrogens (tertiary/aromatic N) is 2. The Morgan fingerprint density at radius 2 is 1.73 bits per heavy atom. The lowest BCUT2D eigenvalue weighted by molar-refractivity contribution is -0.140. The molecule has 2 aliphatic rings. The van der Waals surface area contributed by atoms with E-state index in [9.17, 15) is 30.0 Å². The van der Waals surface area contributed by atoms with E-state index >= 15 is 0 Å². The molecule has 0 aliphatic heterocycles. The first-order valence-corrected chi connectivity index (χ1v) is 18.6. The van der Waals surface area contributed by atoms with Gasteiger partial charge in [0.15, 0.2) is 0 Å². The maximum atomic E-state index is 13.2. The summed E-state index contributed by atoms with van der Waals surface area (Å²) in [5.74, 6) is 0.172. The molecule has 0 bridgehead atoms. The van der Waals surface area contributed by atoms with E-state index in [4.69, 9.17) is 15.6 Å². The first-order chi connectivity index (χ1) is 24.9. The second kappa shape index (κ2) is 17.8. The van der Waals surface area contributed by atoms with Gasteiger partial charge in [0.25, 0.3) is 0 Å². The van der Waals surface area contributed by atoms with Crippen LogP contribution in [0.5, 0.6) is 5.75 Å². The highest BCUT2D eigenvalue weighted by Crippen LogP contribution is 2.55. The van der Waals surface area contributed by atoms with Gasteiger partial charge in [-0.15, -0.1) is 0 Å². The maximum absolute atomic E-state index is 13.2. The topological polar surface area (TPSA) is 187 Å². The van der Waals surface area contributed by atoms with Crippen molar-refractivity contribution in [3.8, 4) is 16.9 Å². The van der Waals surface area contributed by atoms with Crippen LogP contribution in [-0.2, 0) is 21.4 Å². The predicted octanol–water partition coefficient (Wildman–Crippen LogP) is 3.68. The lowest BCUT2D eigenvalue weighted by Gasteiger charge is -2.30. The number of primary amides is 1. The lowest BCUT2D eigenvalue weighted by Crippen LogP contribution is -2.51. The Balaban J connectivity index is 1.19. The van der Waals surface area contributed by atoms with E-state index < -0.39 is 36.9 Å². The van der Waals surface area contributed by atoms with Gasteiger partial charge in [-0.2, -0.15) is 0 Å². The van der Waals surface area contributed by atoms with Gasteiger partial charge in [0.05, 0.1) is 12.7 Å². The molecule has 2 saturated carbocycles. The first kappa shape index (κ1) is 39.3. The molecule has 1 aromatic heterocycles. The summed E-state index contributed by atoms with van der Waals surface area (Å²) in [6.45, 7) is 3.05. The third-order valence-electron chi connectivity index (χ3n) is 10.8. The lowest BCUT2D eigenvalue weighted by atomic mass is 9.84. The van der Waals surface area contributed by atoms with Crippen LogP contribution in [0, 0.1) is 6.92 Å². The van der Waals surface area contributed by atoms with E-state index in [1.165, 1.54) is 32.7 Å². The SMILES string of the molecule is Cc1ccc(C(C)CCCC(=O)N(CCC(N)=O)C[C@H](O)[C@@H](O)[C@H](O)[C@H](O)CO)cc1CCC1(c2cnccc2-c2ccccc2OC2CC2)CC1. The molecule has 0 saturated heterocycles. The van der Waals surface area contributed by atoms with Gasteiger partial charge in [0.1, 0.15) is 30.2 Å². The first-order valence-electron chi connectivity index (χ1n) is 18.6. The average Bonchev–Trinajstić information content (AvgIpc) is 4.09. The van der Waals surface area contributed by atoms with Crippen molar-refractivity contribution in [3.05, 3.63) is 83.2 Å². The summed E-state index contributed by atoms with van der Waals surface area (Å²) in [5.41, 5.74) is 12.8. The Bertz CT molecular complexity index is 1660. The minimum absolute atomic E-state index is 0.0593. The van der Waals surface area contributed by atoms with E-state index in [0.29, 0.717) is 12.5 Å². The molecule has 2 amide bonds. The molecule has 3 aromatic rings. The van der Waals surface area contributed by atoms with Gasteiger partial charge < -0.3 is 40.9 Å². The number of aromatic nitrogens is 1. The van der Waals surface area contributed by atoms with Crippen LogP contribution in [0.1, 0.15) is 92.9 Å². The minimum Gasteiger partial charge on any atom is -0.490 e. The normalized spacial score (nSPS) is 17.8. The quantitative estimate of drug-likeness (QED) is 0.0956. The summed E-state index contributed by atoms with van der Waals surface area (Å²) in [7, 11) is 0. The number of aryl methyl sites for hydroxylation is 2. The Morgan fingerprint density at radius 1 is 1.00 bits per heavy atom. The summed E-state index contributed by atoms with van der Waals surface area (Å²) in [5, 5.41) is 49.4. The number of rotatable bonds is 21. The van der Waals surface area contributed by atoms with E-state index in [2.05, 4.69) is 61.3 Å². The Hall–Kier alpha value is -3.87. The molecule has 282 valence electrons. The Kier molecular flexibility index (Phi) is 13.4. The summed E-state index contributed by atoms with van der Waals surface area (Å²) in [6, 6.07) is 17.1. The number of hydrogen-bond acceptors (Lipinski definition) is 9. The van der Waals surface area contributed by atoms with Crippen LogP contribution in [0.3, 0.4) is 0 Å². The number of benzene rings is 2. The van der Waals surface area contributed by atoms with Crippen LogP contribution in [0.2, 0.25) is 0 Å². The van der Waals surface area contributed by atoms with E-state index in [1.54, 1.807) is 0 Å². The van der Waals surface area contributed by atoms with Crippen LogP contribution < -0.4 is 10.5 Å². The van der Waals surface area contributed by atoms with E-state index in [-0.39, 0.29) is 43.2 Å². The number of ether oxygens (including phenoxy) is 1. The van der Waals surface area contributed by atoms with Crippen molar-refractivity contribution in [2.24, 2.45) is 5.73 Å². The Morgan fingerprint density at radius 3 is 2.42 bits per heavy atom. The number of nitrogens with two attached hydrogens (primary N) is 1. The molecule has 2 aromatic carbocycles. The van der Waals surface area contributed by atoms with Gasteiger partial charge in [0, 0.05) is 43.9 Å². The molecule has 5 rings (SSSR count). The fraction of sp³-hybridized carbons (Fsp3) is 0.537. The molecular formula is C41H55N3O8. The zero-order chi connectivity index (χ0) is 37.4. The number of hydrogen-bond donors (Lipinski definition) is 6. The molecule has 1 unspecified atom stereocenters. The molecule has 11 nitrogen and oxygen atoms in total. The van der Waals surface area contributed by atoms with Crippen LogP contribution in [0.4, 0.5) is 0 Å². The molecule has 0 spiro atoms. The average molecular weight is 718 g/mol. The summed E-state index contributed by atoms with van der Waals surface area (Å²) in [6.07, 6.45) is 5.05. The largest absolute Gasteiger partial charge is 0.490 e. The number of amides is 2. The molecule has 52 heavy (non-hydrogen) atoms. The van der Waals surface area contributed by atoms with Gasteiger partial charge in [-0.1, -0.05) is 43.3 Å². The zero-order valence-corrected chi connectivity index (χ0v) is 30.4. The fourth-order valence-corrected chi connectivity index (χ4v) is 7.00. The van der Waals surface area contributed by atoms with Crippen molar-refractivity contribution in [2.45, 2.75) is 120 Å². The number of carbonyl (C=O) groups is 2. The molecule has 2 fully saturated rings. The van der Waals surface area contributed by atoms with Crippen molar-refractivity contribution in [1.29, 1.82) is 0 Å². The van der Waals surface area contributed by atoms with Crippen molar-refractivity contribution < 1.29 is 39.9 Å². The fourth-order valence-electron chi connectivity index (χ4n) is 7.00. The standard InChI is InChI=1S/C41H55N3O8/c1-26(6-5-9-38(49)44(21-16-37(42)48)24-34(46)39(50)40(51)35(47)25-45)28-11-10-27(2)29(22-28)14-17-41(18-19-41)33-23-43-20-15-31(33)32-7-3-4-8-36(32)52-30-12-13-30/h3-4,7-8,10-11,15,20,22-23,26,30,34-35,39-40,45-47,50-51H,5-6,9,12-14,16-19,21,24-25H2,1-2H3,(H2,42,48)/t26?,34-,35+,39+,40+/m0/s1. The van der Waals surface area contributed by atoms with Gasteiger partial charge in [-0.25, -0.2) is 0 Å². The summed E-state index contributed by atoms with van der Waals surface area (Å²) >= 11 is 0. The van der Waals surface area contributed by atoms with Crippen molar-refractivity contribution >= 4 is 11.8 Å². The predicted molar refractivity (Wildman–Crippen MR) is 198 cm³/mol. The monoisotopic (exact) mass is 717 g/mol. The van der Waals surface area contributed by atoms with Crippen molar-refractivity contribution in [2.75, 3.05) is 19.7 Å². The number of aliphatic hydroxyl groups is 5. The molecule has 2 aliphatic carbocycles. The minimum atomic E-state index is -1.81. The second-order valence-corrected chi connectivity index (χ2v) is 14.8. The zero-order valence-electron chi connectivity index (χ0n) is 30.4. The highest BCUT2D eigenvalue weighted by Gasteiger charge is 2.45. The number of aliphatic hydroxyl groups excluding tert-OH is 5. The van der Waals surface area contributed by atoms with Crippen LogP contribution in [0.25, 0.3) is 11.1 Å². The highest BCUT2D eigenvalue weighted by atomic mass is 16.5. The van der Waals surface area contributed by atoms with Crippen molar-refractivity contribution in [1.82, 2.24) is 9.88 Å². The van der Waals surface area contributed by atoms with Crippen LogP contribution in [-0.4, -0.2) is 97.4 Å². The smallest absolute Gasteiger partial charge is 0.222 e. The molecular weight excluding hydrogens is 662 g/mol. The molecule has 11 heteroatoms. The molecule has 5 atom stereocenters. The van der Waals surface area contributed by atoms with Crippen molar-refractivity contribution in [3.63, 3.8) is 0 Å². The number of pyridine rings is 1. The highest BCUT2D eigenvalue weighted by molar-refractivity contribution is 5.78. The van der Waals surface area contributed by atoms with E-state index in [1.807, 2.05) is 18.5 Å². The third-order valence-corrected chi connectivity index (χ3v) is 10.8. The third kappa shape index (κ3) is 10.2. The van der Waals surface area contributed by atoms with Gasteiger partial charge in [0.2, 0.25) is 11.8 Å². The molecule has 7 N–H and O–H groups in total. The summed E-state index contributed by atoms with van der Waals surface area (Å²) in [4.78, 5) is 30.4. The van der Waals surface area contributed by atoms with Crippen LogP contribution in [0.15, 0.2) is 60.9 Å². The van der Waals surface area contributed by atoms with Gasteiger partial charge in [-0.05, 0) is 110 Å². The van der Waals surface area contributed by atoms with Gasteiger partial charge in [-0.3, -0.25) is 14.6 Å². The maximum Gasteiger partial charge on any atom is 0.222 e. The van der Waals surface area contributed by atoms with Crippen LogP contribution >= 0.6 is 0 Å². The van der Waals surface area contributed by atoms with E-state index in [0.717, 1.165) is 56.3 Å². The Labute approximate surface area is 306 Å². The summed E-state index contributed by atoms with van der Waals surface area (Å²) < 4.78 is 6.29.